The SMILES string of the molecule is C=CC(=O)Oc1cc2c3c(cccc3c1)C(=O)N(OS(=O)(=O)C(F)(F)F)C2=O. The second-order valence-electron chi connectivity index (χ2n) is 5.38. The van der Waals surface area contributed by atoms with E-state index in [9.17, 15) is 36.0 Å². The lowest BCUT2D eigenvalue weighted by molar-refractivity contribution is -0.128. The normalized spacial score (nSPS) is 14.3. The smallest absolute Gasteiger partial charge is 0.423 e. The van der Waals surface area contributed by atoms with Crippen molar-refractivity contribution >= 4 is 38.7 Å². The van der Waals surface area contributed by atoms with Crippen LogP contribution < -0.4 is 4.74 Å². The highest BCUT2D eigenvalue weighted by Crippen LogP contribution is 2.35. The van der Waals surface area contributed by atoms with Crippen molar-refractivity contribution in [2.75, 3.05) is 0 Å². The maximum Gasteiger partial charge on any atom is 0.525 e. The molecule has 0 saturated heterocycles. The van der Waals surface area contributed by atoms with Crippen molar-refractivity contribution in [2.45, 2.75) is 5.51 Å². The number of carbonyl (C=O) groups excluding carboxylic acids is 3. The summed E-state index contributed by atoms with van der Waals surface area (Å²) in [6.45, 7) is 3.20. The summed E-state index contributed by atoms with van der Waals surface area (Å²) in [6.07, 6.45) is 0.836. The molecule has 146 valence electrons. The molecule has 0 atom stereocenters. The Labute approximate surface area is 154 Å². The van der Waals surface area contributed by atoms with Gasteiger partial charge >= 0.3 is 21.6 Å². The summed E-state index contributed by atoms with van der Waals surface area (Å²) in [6, 6.07) is 6.25. The molecule has 2 aromatic carbocycles. The lowest BCUT2D eigenvalue weighted by Gasteiger charge is -2.25. The van der Waals surface area contributed by atoms with Crippen LogP contribution in [0.4, 0.5) is 13.2 Å². The predicted molar refractivity (Wildman–Crippen MR) is 86.3 cm³/mol. The third kappa shape index (κ3) is 3.12. The van der Waals surface area contributed by atoms with Crippen molar-refractivity contribution in [1.82, 2.24) is 5.06 Å². The van der Waals surface area contributed by atoms with E-state index < -0.39 is 44.0 Å². The first-order chi connectivity index (χ1) is 13.0. The quantitative estimate of drug-likeness (QED) is 0.248. The van der Waals surface area contributed by atoms with Crippen LogP contribution in [0.2, 0.25) is 0 Å². The minimum absolute atomic E-state index is 0.0418. The lowest BCUT2D eigenvalue weighted by atomic mass is 9.95. The Morgan fingerprint density at radius 3 is 2.36 bits per heavy atom. The van der Waals surface area contributed by atoms with Crippen molar-refractivity contribution < 1.29 is 45.0 Å². The molecule has 28 heavy (non-hydrogen) atoms. The molecule has 12 heteroatoms. The van der Waals surface area contributed by atoms with Gasteiger partial charge < -0.3 is 4.74 Å². The second-order valence-corrected chi connectivity index (χ2v) is 6.90. The van der Waals surface area contributed by atoms with Gasteiger partial charge in [-0.2, -0.15) is 21.6 Å². The van der Waals surface area contributed by atoms with Gasteiger partial charge in [0.1, 0.15) is 5.75 Å². The first-order valence-corrected chi connectivity index (χ1v) is 8.68. The minimum Gasteiger partial charge on any atom is -0.423 e. The molecule has 8 nitrogen and oxygen atoms in total. The van der Waals surface area contributed by atoms with E-state index in [1.54, 1.807) is 0 Å². The summed E-state index contributed by atoms with van der Waals surface area (Å²) in [5.74, 6) is -3.93. The van der Waals surface area contributed by atoms with Crippen LogP contribution in [-0.4, -0.2) is 36.8 Å². The predicted octanol–water partition coefficient (Wildman–Crippen LogP) is 2.31. The zero-order chi connectivity index (χ0) is 20.9. The maximum absolute atomic E-state index is 12.6. The van der Waals surface area contributed by atoms with E-state index in [0.29, 0.717) is 0 Å². The number of ether oxygens (including phenoxy) is 1. The number of carbonyl (C=O) groups is 3. The average molecular weight is 415 g/mol. The van der Waals surface area contributed by atoms with Crippen molar-refractivity contribution in [3.05, 3.63) is 54.1 Å². The van der Waals surface area contributed by atoms with E-state index in [1.165, 1.54) is 24.3 Å². The Bertz CT molecular complexity index is 1150. The fourth-order valence-electron chi connectivity index (χ4n) is 2.48. The van der Waals surface area contributed by atoms with Crippen LogP contribution >= 0.6 is 0 Å². The number of halogens is 3. The highest BCUT2D eigenvalue weighted by Gasteiger charge is 2.51. The maximum atomic E-state index is 12.6. The number of amides is 2. The lowest BCUT2D eigenvalue weighted by Crippen LogP contribution is -2.44. The van der Waals surface area contributed by atoms with E-state index in [0.717, 1.165) is 12.1 Å². The molecule has 3 rings (SSSR count). The minimum atomic E-state index is -6.28. The van der Waals surface area contributed by atoms with Gasteiger partial charge in [-0.1, -0.05) is 18.7 Å². The van der Waals surface area contributed by atoms with E-state index in [2.05, 4.69) is 10.9 Å². The summed E-state index contributed by atoms with van der Waals surface area (Å²) in [5, 5.41) is -0.207. The molecular weight excluding hydrogens is 407 g/mol. The van der Waals surface area contributed by atoms with Crippen LogP contribution in [-0.2, 0) is 19.2 Å². The van der Waals surface area contributed by atoms with Crippen LogP contribution in [0.5, 0.6) is 5.75 Å². The number of hydrogen-bond donors (Lipinski definition) is 0. The number of nitrogens with zero attached hydrogens (tertiary/aromatic N) is 1. The summed E-state index contributed by atoms with van der Waals surface area (Å²) in [5.41, 5.74) is -6.52. The third-order valence-corrected chi connectivity index (χ3v) is 4.53. The zero-order valence-electron chi connectivity index (χ0n) is 13.5. The summed E-state index contributed by atoms with van der Waals surface area (Å²) in [7, 11) is -6.28. The molecule has 0 radical (unpaired) electrons. The molecule has 1 aliphatic rings. The Morgan fingerprint density at radius 1 is 1.11 bits per heavy atom. The number of imide groups is 1. The molecule has 0 bridgehead atoms. The van der Waals surface area contributed by atoms with Crippen molar-refractivity contribution in [1.29, 1.82) is 0 Å². The molecule has 0 aliphatic carbocycles. The zero-order valence-corrected chi connectivity index (χ0v) is 14.3. The topological polar surface area (TPSA) is 107 Å². The number of hydrogen-bond acceptors (Lipinski definition) is 7. The monoisotopic (exact) mass is 415 g/mol. The molecule has 0 saturated carbocycles. The van der Waals surface area contributed by atoms with Gasteiger partial charge in [-0.15, -0.1) is 9.35 Å². The third-order valence-electron chi connectivity index (χ3n) is 3.62. The Morgan fingerprint density at radius 2 is 1.75 bits per heavy atom. The molecule has 0 aromatic heterocycles. The van der Waals surface area contributed by atoms with Gasteiger partial charge in [0.25, 0.3) is 11.8 Å². The molecule has 0 fully saturated rings. The van der Waals surface area contributed by atoms with Gasteiger partial charge in [-0.25, -0.2) is 4.79 Å². The fourth-order valence-corrected chi connectivity index (χ4v) is 2.90. The Hall–Kier alpha value is -3.25. The molecule has 2 aromatic rings. The van der Waals surface area contributed by atoms with E-state index >= 15 is 0 Å². The van der Waals surface area contributed by atoms with E-state index in [1.807, 2.05) is 0 Å². The number of esters is 1. The number of alkyl halides is 3. The molecular formula is C16H8F3NO7S. The van der Waals surface area contributed by atoms with Crippen LogP contribution in [0.15, 0.2) is 43.0 Å². The molecule has 2 amide bonds. The van der Waals surface area contributed by atoms with E-state index in [-0.39, 0.29) is 22.1 Å². The number of benzene rings is 2. The summed E-state index contributed by atoms with van der Waals surface area (Å²) in [4.78, 5) is 36.3. The molecule has 1 aliphatic heterocycles. The number of rotatable bonds is 4. The second kappa shape index (κ2) is 6.42. The van der Waals surface area contributed by atoms with Gasteiger partial charge in [-0.3, -0.25) is 9.59 Å². The highest BCUT2D eigenvalue weighted by molar-refractivity contribution is 7.87. The van der Waals surface area contributed by atoms with Crippen LogP contribution in [0, 0.1) is 0 Å². The van der Waals surface area contributed by atoms with Gasteiger partial charge in [-0.05, 0) is 23.6 Å². The Balaban J connectivity index is 2.16. The summed E-state index contributed by atoms with van der Waals surface area (Å²) < 4.78 is 68.9. The molecule has 0 spiro atoms. The largest absolute Gasteiger partial charge is 0.525 e. The molecule has 1 heterocycles. The van der Waals surface area contributed by atoms with Gasteiger partial charge in [0.05, 0.1) is 11.1 Å². The van der Waals surface area contributed by atoms with Gasteiger partial charge in [0.15, 0.2) is 0 Å². The van der Waals surface area contributed by atoms with Crippen LogP contribution in [0.3, 0.4) is 0 Å². The van der Waals surface area contributed by atoms with Crippen molar-refractivity contribution in [2.24, 2.45) is 0 Å². The summed E-state index contributed by atoms with van der Waals surface area (Å²) >= 11 is 0. The van der Waals surface area contributed by atoms with Gasteiger partial charge in [0, 0.05) is 11.5 Å². The fraction of sp³-hybridized carbons (Fsp3) is 0.0625. The standard InChI is InChI=1S/C16H8F3NO7S/c1-2-12(21)26-9-6-8-4-3-5-10-13(8)11(7-9)15(23)20(14(10)22)27-28(24,25)16(17,18)19/h2-7H,1H2. The van der Waals surface area contributed by atoms with Gasteiger partial charge in [0.2, 0.25) is 0 Å². The molecule has 0 N–H and O–H groups in total. The average Bonchev–Trinajstić information content (AvgIpc) is 2.61. The highest BCUT2D eigenvalue weighted by atomic mass is 32.2. The first kappa shape index (κ1) is 19.5. The Kier molecular flexibility index (Phi) is 4.47. The van der Waals surface area contributed by atoms with Crippen molar-refractivity contribution in [3.8, 4) is 5.75 Å². The van der Waals surface area contributed by atoms with Crippen molar-refractivity contribution in [3.63, 3.8) is 0 Å². The van der Waals surface area contributed by atoms with Crippen LogP contribution in [0.25, 0.3) is 10.8 Å². The van der Waals surface area contributed by atoms with Crippen LogP contribution in [0.1, 0.15) is 20.7 Å². The first-order valence-electron chi connectivity index (χ1n) is 7.27. The number of hydroxylamine groups is 2. The van der Waals surface area contributed by atoms with E-state index in [4.69, 9.17) is 4.74 Å². The molecule has 0 unspecified atom stereocenters.